The molecule has 2 aliphatic rings. The molecular formula is C15H26N2O3. The molecule has 0 aromatic rings. The van der Waals surface area contributed by atoms with Crippen molar-refractivity contribution in [2.24, 2.45) is 0 Å². The number of carbonyl (C=O) groups is 1. The second-order valence-corrected chi connectivity index (χ2v) is 5.95. The van der Waals surface area contributed by atoms with E-state index in [1.54, 1.807) is 13.2 Å². The highest BCUT2D eigenvalue weighted by Gasteiger charge is 2.47. The van der Waals surface area contributed by atoms with Crippen LogP contribution in [0.2, 0.25) is 0 Å². The molecule has 0 N–H and O–H groups in total. The summed E-state index contributed by atoms with van der Waals surface area (Å²) in [5.41, 5.74) is -0.280. The van der Waals surface area contributed by atoms with E-state index >= 15 is 0 Å². The lowest BCUT2D eigenvalue weighted by Crippen LogP contribution is -2.58. The van der Waals surface area contributed by atoms with Crippen LogP contribution in [0.25, 0.3) is 0 Å². The Morgan fingerprint density at radius 1 is 1.55 bits per heavy atom. The number of carbonyl (C=O) groups excluding carboxylic acids is 1. The maximum absolute atomic E-state index is 12.2. The van der Waals surface area contributed by atoms with E-state index in [1.807, 2.05) is 30.0 Å². The van der Waals surface area contributed by atoms with Crippen LogP contribution in [0.4, 0.5) is 0 Å². The van der Waals surface area contributed by atoms with E-state index in [0.717, 1.165) is 39.0 Å². The summed E-state index contributed by atoms with van der Waals surface area (Å²) in [6.45, 7) is 2.95. The van der Waals surface area contributed by atoms with Crippen molar-refractivity contribution >= 4 is 5.91 Å². The van der Waals surface area contributed by atoms with Crippen LogP contribution in [0, 0.1) is 0 Å². The molecule has 0 aromatic carbocycles. The van der Waals surface area contributed by atoms with Crippen molar-refractivity contribution in [2.75, 3.05) is 47.4 Å². The molecule has 2 fully saturated rings. The number of ether oxygens (including phenoxy) is 2. The normalized spacial score (nSPS) is 30.8. The van der Waals surface area contributed by atoms with Crippen LogP contribution in [-0.2, 0) is 14.3 Å². The first-order valence-corrected chi connectivity index (χ1v) is 7.34. The van der Waals surface area contributed by atoms with Crippen molar-refractivity contribution in [1.29, 1.82) is 0 Å². The Balaban J connectivity index is 1.97. The second-order valence-electron chi connectivity index (χ2n) is 5.95. The highest BCUT2D eigenvalue weighted by molar-refractivity contribution is 5.87. The molecule has 5 nitrogen and oxygen atoms in total. The molecular weight excluding hydrogens is 256 g/mol. The maximum Gasteiger partial charge on any atom is 0.246 e. The number of hydrogen-bond donors (Lipinski definition) is 0. The lowest BCUT2D eigenvalue weighted by Gasteiger charge is -2.44. The smallest absolute Gasteiger partial charge is 0.246 e. The van der Waals surface area contributed by atoms with E-state index in [0.29, 0.717) is 6.54 Å². The van der Waals surface area contributed by atoms with Gasteiger partial charge in [-0.1, -0.05) is 6.08 Å². The van der Waals surface area contributed by atoms with Gasteiger partial charge >= 0.3 is 0 Å². The molecule has 114 valence electrons. The summed E-state index contributed by atoms with van der Waals surface area (Å²) in [5.74, 6) is 0.0799. The fourth-order valence-electron chi connectivity index (χ4n) is 3.13. The monoisotopic (exact) mass is 282 g/mol. The molecule has 2 aliphatic heterocycles. The molecule has 0 aromatic heterocycles. The molecule has 2 saturated heterocycles. The summed E-state index contributed by atoms with van der Waals surface area (Å²) in [6, 6.07) is 0. The van der Waals surface area contributed by atoms with E-state index in [4.69, 9.17) is 9.47 Å². The Hall–Kier alpha value is -0.910. The molecule has 1 spiro atoms. The minimum absolute atomic E-state index is 0.0799. The summed E-state index contributed by atoms with van der Waals surface area (Å²) in [5, 5.41) is 0. The van der Waals surface area contributed by atoms with E-state index in [9.17, 15) is 4.79 Å². The van der Waals surface area contributed by atoms with Crippen LogP contribution in [-0.4, -0.2) is 74.9 Å². The minimum Gasteiger partial charge on any atom is -0.378 e. The fraction of sp³-hybridized carbons (Fsp3) is 0.800. The van der Waals surface area contributed by atoms with Gasteiger partial charge in [-0.3, -0.25) is 4.79 Å². The van der Waals surface area contributed by atoms with Crippen molar-refractivity contribution in [1.82, 2.24) is 9.80 Å². The van der Waals surface area contributed by atoms with Crippen LogP contribution in [0.1, 0.15) is 19.3 Å². The number of nitrogens with zero attached hydrogens (tertiary/aromatic N) is 2. The number of piperidine rings is 1. The SMILES string of the molecule is CO[C@H]1CCN(C(=O)C=CCN(C)C)C[C@@]12CCCO2. The Morgan fingerprint density at radius 3 is 2.95 bits per heavy atom. The summed E-state index contributed by atoms with van der Waals surface area (Å²) in [6.07, 6.45) is 6.58. The van der Waals surface area contributed by atoms with Crippen molar-refractivity contribution < 1.29 is 14.3 Å². The van der Waals surface area contributed by atoms with Gasteiger partial charge in [-0.15, -0.1) is 0 Å². The summed E-state index contributed by atoms with van der Waals surface area (Å²) in [7, 11) is 5.71. The lowest BCUT2D eigenvalue weighted by atomic mass is 9.87. The summed E-state index contributed by atoms with van der Waals surface area (Å²) < 4.78 is 11.5. The molecule has 0 bridgehead atoms. The molecule has 0 unspecified atom stereocenters. The van der Waals surface area contributed by atoms with E-state index in [-0.39, 0.29) is 17.6 Å². The van der Waals surface area contributed by atoms with Gasteiger partial charge in [-0.25, -0.2) is 0 Å². The van der Waals surface area contributed by atoms with E-state index < -0.39 is 0 Å². The second kappa shape index (κ2) is 6.70. The lowest BCUT2D eigenvalue weighted by molar-refractivity contribution is -0.157. The number of likely N-dealkylation sites (N-methyl/N-ethyl adjacent to an activating group) is 1. The van der Waals surface area contributed by atoms with Crippen molar-refractivity contribution in [3.63, 3.8) is 0 Å². The zero-order valence-electron chi connectivity index (χ0n) is 12.8. The average Bonchev–Trinajstić information content (AvgIpc) is 2.87. The number of amides is 1. The first-order valence-electron chi connectivity index (χ1n) is 7.34. The van der Waals surface area contributed by atoms with Gasteiger partial charge in [0.15, 0.2) is 0 Å². The molecule has 2 atom stereocenters. The number of likely N-dealkylation sites (tertiary alicyclic amines) is 1. The largest absolute Gasteiger partial charge is 0.378 e. The first kappa shape index (κ1) is 15.5. The Morgan fingerprint density at radius 2 is 2.35 bits per heavy atom. The summed E-state index contributed by atoms with van der Waals surface area (Å²) >= 11 is 0. The molecule has 20 heavy (non-hydrogen) atoms. The third-order valence-corrected chi connectivity index (χ3v) is 4.17. The average molecular weight is 282 g/mol. The Bertz CT molecular complexity index is 362. The van der Waals surface area contributed by atoms with Crippen LogP contribution in [0.3, 0.4) is 0 Å². The first-order chi connectivity index (χ1) is 9.57. The predicted octanol–water partition coefficient (Wildman–Crippen LogP) is 0.901. The zero-order valence-corrected chi connectivity index (χ0v) is 12.8. The standard InChI is InChI=1S/C15H26N2O3/c1-16(2)9-4-6-14(18)17-10-7-13(19-3)15(12-17)8-5-11-20-15/h4,6,13H,5,7-12H2,1-3H3/t13-,15-/m0/s1. The van der Waals surface area contributed by atoms with Gasteiger partial charge in [-0.2, -0.15) is 0 Å². The molecule has 0 aliphatic carbocycles. The van der Waals surface area contributed by atoms with Gasteiger partial charge in [0.2, 0.25) is 5.91 Å². The zero-order chi connectivity index (χ0) is 14.6. The fourth-order valence-corrected chi connectivity index (χ4v) is 3.13. The molecule has 5 heteroatoms. The highest BCUT2D eigenvalue weighted by atomic mass is 16.6. The quantitative estimate of drug-likeness (QED) is 0.719. The van der Waals surface area contributed by atoms with Crippen molar-refractivity contribution in [2.45, 2.75) is 31.0 Å². The van der Waals surface area contributed by atoms with Crippen LogP contribution < -0.4 is 0 Å². The van der Waals surface area contributed by atoms with Crippen molar-refractivity contribution in [3.05, 3.63) is 12.2 Å². The van der Waals surface area contributed by atoms with Crippen molar-refractivity contribution in [3.8, 4) is 0 Å². The van der Waals surface area contributed by atoms with Gasteiger partial charge in [0.05, 0.1) is 12.6 Å². The minimum atomic E-state index is -0.280. The predicted molar refractivity (Wildman–Crippen MR) is 77.6 cm³/mol. The van der Waals surface area contributed by atoms with Gasteiger partial charge in [0.25, 0.3) is 0 Å². The van der Waals surface area contributed by atoms with Crippen LogP contribution in [0.15, 0.2) is 12.2 Å². The maximum atomic E-state index is 12.2. The topological polar surface area (TPSA) is 42.0 Å². The third-order valence-electron chi connectivity index (χ3n) is 4.17. The van der Waals surface area contributed by atoms with Crippen LogP contribution >= 0.6 is 0 Å². The molecule has 0 radical (unpaired) electrons. The van der Waals surface area contributed by atoms with Crippen LogP contribution in [0.5, 0.6) is 0 Å². The van der Waals surface area contributed by atoms with Gasteiger partial charge in [0.1, 0.15) is 5.60 Å². The molecule has 0 saturated carbocycles. The Kier molecular flexibility index (Phi) is 5.18. The summed E-state index contributed by atoms with van der Waals surface area (Å²) in [4.78, 5) is 16.2. The van der Waals surface area contributed by atoms with Gasteiger partial charge < -0.3 is 19.3 Å². The van der Waals surface area contributed by atoms with E-state index in [1.165, 1.54) is 0 Å². The van der Waals surface area contributed by atoms with E-state index in [2.05, 4.69) is 0 Å². The number of hydrogen-bond acceptors (Lipinski definition) is 4. The van der Waals surface area contributed by atoms with Gasteiger partial charge in [-0.05, 0) is 33.4 Å². The number of methoxy groups -OCH3 is 1. The van der Waals surface area contributed by atoms with Gasteiger partial charge in [0, 0.05) is 32.9 Å². The highest BCUT2D eigenvalue weighted by Crippen LogP contribution is 2.36. The Labute approximate surface area is 121 Å². The number of rotatable bonds is 4. The molecule has 1 amide bonds. The third kappa shape index (κ3) is 3.40. The molecule has 2 rings (SSSR count). The molecule has 2 heterocycles.